The summed E-state index contributed by atoms with van der Waals surface area (Å²) in [6, 6.07) is 14.1. The molecule has 2 aromatic carbocycles. The Hall–Kier alpha value is -3.19. The Labute approximate surface area is 187 Å². The van der Waals surface area contributed by atoms with E-state index in [2.05, 4.69) is 22.1 Å². The van der Waals surface area contributed by atoms with Crippen LogP contribution in [0.3, 0.4) is 0 Å². The lowest BCUT2D eigenvalue weighted by molar-refractivity contribution is 0.0946. The summed E-state index contributed by atoms with van der Waals surface area (Å²) >= 11 is 0. The minimum atomic E-state index is -0.350. The van der Waals surface area contributed by atoms with Crippen LogP contribution in [0.2, 0.25) is 0 Å². The number of rotatable bonds is 9. The number of aromatic nitrogens is 1. The van der Waals surface area contributed by atoms with Crippen LogP contribution in [-0.4, -0.2) is 41.5 Å². The molecule has 1 N–H and O–H groups in total. The van der Waals surface area contributed by atoms with E-state index in [1.807, 2.05) is 24.3 Å². The number of likely N-dealkylation sites (tertiary alicyclic amines) is 1. The third-order valence-electron chi connectivity index (χ3n) is 5.75. The Kier molecular flexibility index (Phi) is 7.17. The number of halogens is 1. The van der Waals surface area contributed by atoms with Crippen molar-refractivity contribution in [3.8, 4) is 17.2 Å². The monoisotopic (exact) mass is 437 g/mol. The van der Waals surface area contributed by atoms with Gasteiger partial charge >= 0.3 is 0 Å². The average molecular weight is 438 g/mol. The zero-order chi connectivity index (χ0) is 22.3. The zero-order valence-corrected chi connectivity index (χ0v) is 18.2. The van der Waals surface area contributed by atoms with Crippen molar-refractivity contribution in [1.82, 2.24) is 15.2 Å². The molecule has 1 atom stereocenters. The number of carbonyl (C=O) groups is 1. The van der Waals surface area contributed by atoms with Gasteiger partial charge in [0.2, 0.25) is 5.89 Å². The molecule has 1 aliphatic rings. The van der Waals surface area contributed by atoms with Crippen molar-refractivity contribution in [2.24, 2.45) is 0 Å². The first kappa shape index (κ1) is 22.0. The number of benzene rings is 2. The number of nitrogens with one attached hydrogen (secondary N) is 1. The van der Waals surface area contributed by atoms with E-state index < -0.39 is 0 Å². The minimum absolute atomic E-state index is 0.193. The number of hydrogen-bond acceptors (Lipinski definition) is 5. The van der Waals surface area contributed by atoms with Crippen LogP contribution in [0.15, 0.2) is 59.2 Å². The zero-order valence-electron chi connectivity index (χ0n) is 18.2. The second kappa shape index (κ2) is 10.4. The number of amides is 1. The highest BCUT2D eigenvalue weighted by molar-refractivity contribution is 5.92. The van der Waals surface area contributed by atoms with Crippen molar-refractivity contribution in [3.05, 3.63) is 71.9 Å². The Bertz CT molecular complexity index is 1020. The summed E-state index contributed by atoms with van der Waals surface area (Å²) in [4.78, 5) is 19.1. The Morgan fingerprint density at radius 1 is 1.22 bits per heavy atom. The molecule has 1 saturated heterocycles. The molecule has 32 heavy (non-hydrogen) atoms. The SMILES string of the molecule is CC1CCCN1CCCOc1ccc(-c2nc(C(=O)NCc3ccc(F)cc3)co2)cc1. The van der Waals surface area contributed by atoms with Gasteiger partial charge in [0.25, 0.3) is 5.91 Å². The van der Waals surface area contributed by atoms with E-state index in [-0.39, 0.29) is 24.0 Å². The quantitative estimate of drug-likeness (QED) is 0.493. The number of nitrogens with zero attached hydrogens (tertiary/aromatic N) is 2. The molecule has 1 aliphatic heterocycles. The van der Waals surface area contributed by atoms with Crippen molar-refractivity contribution in [2.75, 3.05) is 19.7 Å². The summed E-state index contributed by atoms with van der Waals surface area (Å²) in [5, 5.41) is 2.75. The summed E-state index contributed by atoms with van der Waals surface area (Å²) in [6.07, 6.45) is 4.92. The van der Waals surface area contributed by atoms with Crippen molar-refractivity contribution in [3.63, 3.8) is 0 Å². The smallest absolute Gasteiger partial charge is 0.273 e. The number of hydrogen-bond donors (Lipinski definition) is 1. The molecule has 1 unspecified atom stereocenters. The topological polar surface area (TPSA) is 67.6 Å². The van der Waals surface area contributed by atoms with Crippen LogP contribution in [0.4, 0.5) is 4.39 Å². The molecule has 0 bridgehead atoms. The van der Waals surface area contributed by atoms with Gasteiger partial charge in [0.15, 0.2) is 5.69 Å². The summed E-state index contributed by atoms with van der Waals surface area (Å²) < 4.78 is 24.3. The summed E-state index contributed by atoms with van der Waals surface area (Å²) in [5.41, 5.74) is 1.76. The molecule has 0 saturated carbocycles. The molecule has 4 rings (SSSR count). The number of carbonyl (C=O) groups excluding carboxylic acids is 1. The molecular formula is C25H28FN3O3. The molecule has 0 aliphatic carbocycles. The van der Waals surface area contributed by atoms with E-state index in [0.717, 1.165) is 29.8 Å². The van der Waals surface area contributed by atoms with Crippen LogP contribution in [0.1, 0.15) is 42.2 Å². The fourth-order valence-electron chi connectivity index (χ4n) is 3.86. The van der Waals surface area contributed by atoms with E-state index in [9.17, 15) is 9.18 Å². The second-order valence-corrected chi connectivity index (χ2v) is 8.10. The summed E-state index contributed by atoms with van der Waals surface area (Å²) in [6.45, 7) is 5.51. The van der Waals surface area contributed by atoms with Crippen LogP contribution in [0.25, 0.3) is 11.5 Å². The number of oxazole rings is 1. The van der Waals surface area contributed by atoms with Gasteiger partial charge in [0.1, 0.15) is 17.8 Å². The van der Waals surface area contributed by atoms with Gasteiger partial charge in [0, 0.05) is 24.7 Å². The van der Waals surface area contributed by atoms with Gasteiger partial charge in [0.05, 0.1) is 6.61 Å². The van der Waals surface area contributed by atoms with Gasteiger partial charge in [-0.2, -0.15) is 0 Å². The summed E-state index contributed by atoms with van der Waals surface area (Å²) in [7, 11) is 0. The van der Waals surface area contributed by atoms with Gasteiger partial charge < -0.3 is 19.4 Å². The van der Waals surface area contributed by atoms with E-state index in [1.54, 1.807) is 12.1 Å². The fourth-order valence-corrected chi connectivity index (χ4v) is 3.86. The maximum atomic E-state index is 13.0. The van der Waals surface area contributed by atoms with Crippen LogP contribution < -0.4 is 10.1 Å². The first-order valence-electron chi connectivity index (χ1n) is 11.0. The van der Waals surface area contributed by atoms with E-state index in [4.69, 9.17) is 9.15 Å². The first-order chi connectivity index (χ1) is 15.6. The molecule has 7 heteroatoms. The van der Waals surface area contributed by atoms with Crippen LogP contribution in [0, 0.1) is 5.82 Å². The molecule has 2 heterocycles. The third kappa shape index (κ3) is 5.73. The average Bonchev–Trinajstić information content (AvgIpc) is 3.46. The fraction of sp³-hybridized carbons (Fsp3) is 0.360. The van der Waals surface area contributed by atoms with Crippen molar-refractivity contribution in [2.45, 2.75) is 38.8 Å². The lowest BCUT2D eigenvalue weighted by Gasteiger charge is -2.20. The lowest BCUT2D eigenvalue weighted by atomic mass is 10.2. The Balaban J connectivity index is 1.25. The van der Waals surface area contributed by atoms with Crippen LogP contribution >= 0.6 is 0 Å². The van der Waals surface area contributed by atoms with Crippen LogP contribution in [0.5, 0.6) is 5.75 Å². The predicted octanol–water partition coefficient (Wildman–Crippen LogP) is 4.66. The number of ether oxygens (including phenoxy) is 1. The molecule has 0 radical (unpaired) electrons. The van der Waals surface area contributed by atoms with E-state index in [0.29, 0.717) is 18.5 Å². The van der Waals surface area contributed by atoms with Gasteiger partial charge in [-0.25, -0.2) is 9.37 Å². The van der Waals surface area contributed by atoms with E-state index >= 15 is 0 Å². The Morgan fingerprint density at radius 2 is 2.00 bits per heavy atom. The van der Waals surface area contributed by atoms with Crippen molar-refractivity contribution >= 4 is 5.91 Å². The molecule has 0 spiro atoms. The highest BCUT2D eigenvalue weighted by atomic mass is 19.1. The van der Waals surface area contributed by atoms with Crippen molar-refractivity contribution < 1.29 is 18.3 Å². The molecule has 6 nitrogen and oxygen atoms in total. The molecule has 1 fully saturated rings. The highest BCUT2D eigenvalue weighted by Crippen LogP contribution is 2.22. The second-order valence-electron chi connectivity index (χ2n) is 8.10. The third-order valence-corrected chi connectivity index (χ3v) is 5.75. The molecule has 1 amide bonds. The van der Waals surface area contributed by atoms with Gasteiger partial charge in [-0.05, 0) is 74.7 Å². The standard InChI is InChI=1S/C25H28FN3O3/c1-18-4-2-13-29(18)14-3-15-31-22-11-7-20(8-12-22)25-28-23(17-32-25)24(30)27-16-19-5-9-21(26)10-6-19/h5-12,17-18H,2-4,13-16H2,1H3,(H,27,30). The maximum absolute atomic E-state index is 13.0. The largest absolute Gasteiger partial charge is 0.494 e. The van der Waals surface area contributed by atoms with Gasteiger partial charge in [-0.1, -0.05) is 12.1 Å². The molecule has 168 valence electrons. The Morgan fingerprint density at radius 3 is 2.72 bits per heavy atom. The molecule has 3 aromatic rings. The predicted molar refractivity (Wildman–Crippen MR) is 120 cm³/mol. The summed E-state index contributed by atoms with van der Waals surface area (Å²) in [5.74, 6) is 0.504. The van der Waals surface area contributed by atoms with E-state index in [1.165, 1.54) is 37.8 Å². The minimum Gasteiger partial charge on any atom is -0.494 e. The van der Waals surface area contributed by atoms with Gasteiger partial charge in [-0.3, -0.25) is 4.79 Å². The highest BCUT2D eigenvalue weighted by Gasteiger charge is 2.19. The lowest BCUT2D eigenvalue weighted by Crippen LogP contribution is -2.28. The maximum Gasteiger partial charge on any atom is 0.273 e. The van der Waals surface area contributed by atoms with Crippen molar-refractivity contribution in [1.29, 1.82) is 0 Å². The molecular weight excluding hydrogens is 409 g/mol. The normalized spacial score (nSPS) is 16.2. The van der Waals surface area contributed by atoms with Crippen LogP contribution in [-0.2, 0) is 6.54 Å². The van der Waals surface area contributed by atoms with Gasteiger partial charge in [-0.15, -0.1) is 0 Å². The molecule has 1 aromatic heterocycles. The first-order valence-corrected chi connectivity index (χ1v) is 11.0.